The van der Waals surface area contributed by atoms with Gasteiger partial charge in [-0.05, 0) is 31.6 Å². The number of nitrogens with two attached hydrogens (primary N) is 1. The Morgan fingerprint density at radius 1 is 1.20 bits per heavy atom. The van der Waals surface area contributed by atoms with E-state index in [1.165, 1.54) is 4.90 Å². The van der Waals surface area contributed by atoms with E-state index < -0.39 is 12.7 Å². The van der Waals surface area contributed by atoms with E-state index in [1.807, 2.05) is 0 Å². The van der Waals surface area contributed by atoms with Gasteiger partial charge in [0, 0.05) is 18.6 Å². The van der Waals surface area contributed by atoms with Gasteiger partial charge >= 0.3 is 6.18 Å². The molecule has 0 radical (unpaired) electrons. The Bertz CT molecular complexity index is 221. The molecule has 2 nitrogen and oxygen atoms in total. The van der Waals surface area contributed by atoms with Gasteiger partial charge in [0.05, 0.1) is 6.54 Å². The molecule has 0 aromatic rings. The summed E-state index contributed by atoms with van der Waals surface area (Å²) in [6.45, 7) is -0.382. The van der Waals surface area contributed by atoms with Crippen LogP contribution in [0.15, 0.2) is 0 Å². The van der Waals surface area contributed by atoms with Crippen LogP contribution in [0.3, 0.4) is 0 Å². The first-order valence-corrected chi connectivity index (χ1v) is 5.52. The number of halogens is 3. The van der Waals surface area contributed by atoms with Gasteiger partial charge in [0.2, 0.25) is 0 Å². The minimum absolute atomic E-state index is 0.0621. The molecule has 0 heterocycles. The minimum Gasteiger partial charge on any atom is -0.326 e. The van der Waals surface area contributed by atoms with Crippen molar-refractivity contribution in [2.75, 3.05) is 13.1 Å². The number of alkyl halides is 3. The molecule has 0 bridgehead atoms. The Morgan fingerprint density at radius 2 is 1.80 bits per heavy atom. The van der Waals surface area contributed by atoms with Gasteiger partial charge in [-0.15, -0.1) is 0 Å². The van der Waals surface area contributed by atoms with E-state index in [0.717, 1.165) is 25.7 Å². The van der Waals surface area contributed by atoms with Crippen LogP contribution in [0, 0.1) is 5.92 Å². The molecule has 2 saturated carbocycles. The molecule has 2 rings (SSSR count). The van der Waals surface area contributed by atoms with Crippen LogP contribution in [0.4, 0.5) is 13.2 Å². The molecule has 2 N–H and O–H groups in total. The van der Waals surface area contributed by atoms with Crippen LogP contribution in [0.25, 0.3) is 0 Å². The molecule has 0 aromatic heterocycles. The van der Waals surface area contributed by atoms with Crippen molar-refractivity contribution >= 4 is 0 Å². The highest BCUT2D eigenvalue weighted by atomic mass is 19.4. The molecule has 15 heavy (non-hydrogen) atoms. The maximum Gasteiger partial charge on any atom is 0.401 e. The molecule has 88 valence electrons. The highest BCUT2D eigenvalue weighted by molar-refractivity contribution is 4.91. The molecule has 0 saturated heterocycles. The molecule has 5 heteroatoms. The van der Waals surface area contributed by atoms with Gasteiger partial charge in [-0.1, -0.05) is 0 Å². The molecule has 2 fully saturated rings. The Morgan fingerprint density at radius 3 is 2.20 bits per heavy atom. The van der Waals surface area contributed by atoms with Crippen LogP contribution in [-0.2, 0) is 0 Å². The standard InChI is InChI=1S/C10H17F3N2/c11-10(12,13)6-15(8-3-4-8)5-9(14)7-1-2-7/h7-9H,1-6,14H2. The minimum atomic E-state index is -4.09. The summed E-state index contributed by atoms with van der Waals surface area (Å²) in [5.74, 6) is 0.472. The van der Waals surface area contributed by atoms with E-state index in [2.05, 4.69) is 0 Å². The van der Waals surface area contributed by atoms with E-state index >= 15 is 0 Å². The monoisotopic (exact) mass is 222 g/mol. The van der Waals surface area contributed by atoms with Crippen molar-refractivity contribution in [1.29, 1.82) is 0 Å². The highest BCUT2D eigenvalue weighted by Gasteiger charge is 2.40. The zero-order chi connectivity index (χ0) is 11.1. The van der Waals surface area contributed by atoms with E-state index in [9.17, 15) is 13.2 Å². The quantitative estimate of drug-likeness (QED) is 0.768. The van der Waals surface area contributed by atoms with Crippen LogP contribution in [0.1, 0.15) is 25.7 Å². The topological polar surface area (TPSA) is 29.3 Å². The van der Waals surface area contributed by atoms with E-state index in [1.54, 1.807) is 0 Å². The largest absolute Gasteiger partial charge is 0.401 e. The summed E-state index contributed by atoms with van der Waals surface area (Å²) < 4.78 is 36.8. The van der Waals surface area contributed by atoms with Crippen molar-refractivity contribution in [3.63, 3.8) is 0 Å². The first-order valence-electron chi connectivity index (χ1n) is 5.52. The van der Waals surface area contributed by atoms with Crippen molar-refractivity contribution in [2.45, 2.75) is 43.9 Å². The summed E-state index contributed by atoms with van der Waals surface area (Å²) in [6.07, 6.45) is -0.121. The van der Waals surface area contributed by atoms with Crippen LogP contribution in [0.2, 0.25) is 0 Å². The van der Waals surface area contributed by atoms with Crippen LogP contribution < -0.4 is 5.73 Å². The summed E-state index contributed by atoms with van der Waals surface area (Å²) in [4.78, 5) is 1.52. The molecule has 1 unspecified atom stereocenters. The molecule has 0 aromatic carbocycles. The van der Waals surface area contributed by atoms with E-state index in [-0.39, 0.29) is 12.1 Å². The summed E-state index contributed by atoms with van der Waals surface area (Å²) >= 11 is 0. The van der Waals surface area contributed by atoms with Gasteiger partial charge in [-0.3, -0.25) is 4.90 Å². The highest BCUT2D eigenvalue weighted by Crippen LogP contribution is 2.35. The second-order valence-electron chi connectivity index (χ2n) is 4.78. The van der Waals surface area contributed by atoms with Crippen LogP contribution in [-0.4, -0.2) is 36.2 Å². The lowest BCUT2D eigenvalue weighted by Gasteiger charge is -2.26. The molecule has 0 spiro atoms. The van der Waals surface area contributed by atoms with E-state index in [4.69, 9.17) is 5.73 Å². The third kappa shape index (κ3) is 3.65. The van der Waals surface area contributed by atoms with Gasteiger partial charge in [0.25, 0.3) is 0 Å². The summed E-state index contributed by atoms with van der Waals surface area (Å²) in [5.41, 5.74) is 5.86. The Kier molecular flexibility index (Phi) is 2.94. The first kappa shape index (κ1) is 11.2. The van der Waals surface area contributed by atoms with Crippen LogP contribution >= 0.6 is 0 Å². The average Bonchev–Trinajstić information content (AvgIpc) is 2.95. The fraction of sp³-hybridized carbons (Fsp3) is 1.00. The second-order valence-corrected chi connectivity index (χ2v) is 4.78. The Balaban J connectivity index is 1.82. The normalized spacial score (nSPS) is 24.6. The summed E-state index contributed by atoms with van der Waals surface area (Å²) in [5, 5.41) is 0. The molecule has 1 atom stereocenters. The molecule has 0 aliphatic heterocycles. The van der Waals surface area contributed by atoms with Crippen molar-refractivity contribution in [3.8, 4) is 0 Å². The predicted octanol–water partition coefficient (Wildman–Crippen LogP) is 1.75. The van der Waals surface area contributed by atoms with E-state index in [0.29, 0.717) is 12.5 Å². The van der Waals surface area contributed by atoms with Crippen molar-refractivity contribution < 1.29 is 13.2 Å². The fourth-order valence-electron chi connectivity index (χ4n) is 1.96. The smallest absolute Gasteiger partial charge is 0.326 e. The third-order valence-electron chi connectivity index (χ3n) is 3.12. The van der Waals surface area contributed by atoms with Crippen molar-refractivity contribution in [2.24, 2.45) is 11.7 Å². The molecular formula is C10H17F3N2. The summed E-state index contributed by atoms with van der Waals surface area (Å²) in [6, 6.07) is 0.0735. The summed E-state index contributed by atoms with van der Waals surface area (Å²) in [7, 11) is 0. The third-order valence-corrected chi connectivity index (χ3v) is 3.12. The maximum atomic E-state index is 12.3. The lowest BCUT2D eigenvalue weighted by Crippen LogP contribution is -2.44. The van der Waals surface area contributed by atoms with Crippen LogP contribution in [0.5, 0.6) is 0 Å². The van der Waals surface area contributed by atoms with Crippen molar-refractivity contribution in [1.82, 2.24) is 4.90 Å². The molecular weight excluding hydrogens is 205 g/mol. The molecule has 0 amide bonds. The number of rotatable bonds is 5. The average molecular weight is 222 g/mol. The lowest BCUT2D eigenvalue weighted by molar-refractivity contribution is -0.147. The Labute approximate surface area is 87.6 Å². The molecule has 2 aliphatic rings. The first-order chi connectivity index (χ1) is 6.96. The van der Waals surface area contributed by atoms with Gasteiger partial charge in [0.1, 0.15) is 0 Å². The SMILES string of the molecule is NC(CN(CC(F)(F)F)C1CC1)C1CC1. The van der Waals surface area contributed by atoms with Gasteiger partial charge in [-0.25, -0.2) is 0 Å². The van der Waals surface area contributed by atoms with Gasteiger partial charge in [0.15, 0.2) is 0 Å². The maximum absolute atomic E-state index is 12.3. The predicted molar refractivity (Wildman–Crippen MR) is 51.3 cm³/mol. The number of nitrogens with zero attached hydrogens (tertiary/aromatic N) is 1. The number of hydrogen-bond acceptors (Lipinski definition) is 2. The zero-order valence-corrected chi connectivity index (χ0v) is 8.63. The lowest BCUT2D eigenvalue weighted by atomic mass is 10.2. The molecule has 2 aliphatic carbocycles. The fourth-order valence-corrected chi connectivity index (χ4v) is 1.96. The van der Waals surface area contributed by atoms with Crippen molar-refractivity contribution in [3.05, 3.63) is 0 Å². The van der Waals surface area contributed by atoms with Gasteiger partial charge < -0.3 is 5.73 Å². The number of hydrogen-bond donors (Lipinski definition) is 1. The second kappa shape index (κ2) is 3.94. The Hall–Kier alpha value is -0.290. The van der Waals surface area contributed by atoms with Gasteiger partial charge in [-0.2, -0.15) is 13.2 Å². The zero-order valence-electron chi connectivity index (χ0n) is 8.63.